The number of aromatic nitrogens is 2. The fourth-order valence-electron chi connectivity index (χ4n) is 3.35. The van der Waals surface area contributed by atoms with Gasteiger partial charge >= 0.3 is 5.97 Å². The minimum absolute atomic E-state index is 0.0150. The molecule has 3 rings (SSSR count). The summed E-state index contributed by atoms with van der Waals surface area (Å²) in [5.74, 6) is 0.793. The summed E-state index contributed by atoms with van der Waals surface area (Å²) < 4.78 is 11.0. The summed E-state index contributed by atoms with van der Waals surface area (Å²) >= 11 is 0. The van der Waals surface area contributed by atoms with Gasteiger partial charge in [0.1, 0.15) is 0 Å². The van der Waals surface area contributed by atoms with E-state index in [4.69, 9.17) is 9.15 Å². The van der Waals surface area contributed by atoms with Crippen LogP contribution in [-0.2, 0) is 9.53 Å². The van der Waals surface area contributed by atoms with E-state index < -0.39 is 11.0 Å². The van der Waals surface area contributed by atoms with E-state index >= 15 is 0 Å². The van der Waals surface area contributed by atoms with Gasteiger partial charge in [-0.2, -0.15) is 0 Å². The van der Waals surface area contributed by atoms with Gasteiger partial charge in [0, 0.05) is 24.1 Å². The Balaban J connectivity index is 1.53. The number of carbonyl (C=O) groups excluding carboxylic acids is 1. The lowest BCUT2D eigenvalue weighted by atomic mass is 9.86. The minimum Gasteiger partial charge on any atom is -0.453 e. The number of hydrogen-bond donors (Lipinski definition) is 0. The summed E-state index contributed by atoms with van der Waals surface area (Å²) in [7, 11) is 0. The van der Waals surface area contributed by atoms with Gasteiger partial charge in [0.2, 0.25) is 5.89 Å². The molecule has 1 unspecified atom stereocenters. The molecule has 0 N–H and O–H groups in total. The summed E-state index contributed by atoms with van der Waals surface area (Å²) in [4.78, 5) is 22.3. The van der Waals surface area contributed by atoms with Crippen molar-refractivity contribution in [3.63, 3.8) is 0 Å². The number of nitro benzene ring substituents is 1. The highest BCUT2D eigenvalue weighted by molar-refractivity contribution is 5.69. The Morgan fingerprint density at radius 3 is 2.63 bits per heavy atom. The number of hydrogen-bond acceptors (Lipinski definition) is 7. The van der Waals surface area contributed by atoms with Crippen LogP contribution >= 0.6 is 0 Å². The van der Waals surface area contributed by atoms with Crippen LogP contribution < -0.4 is 0 Å². The first-order valence-electron chi connectivity index (χ1n) is 9.30. The molecule has 1 fully saturated rings. The maximum absolute atomic E-state index is 12.1. The number of rotatable bonds is 7. The molecule has 1 aliphatic rings. The van der Waals surface area contributed by atoms with Crippen LogP contribution in [0.2, 0.25) is 0 Å². The second-order valence-electron chi connectivity index (χ2n) is 6.92. The fourth-order valence-corrected chi connectivity index (χ4v) is 3.35. The van der Waals surface area contributed by atoms with Gasteiger partial charge in [-0.1, -0.05) is 32.1 Å². The van der Waals surface area contributed by atoms with Crippen molar-refractivity contribution in [1.82, 2.24) is 10.2 Å². The van der Waals surface area contributed by atoms with Crippen molar-refractivity contribution in [3.8, 4) is 11.5 Å². The van der Waals surface area contributed by atoms with Crippen LogP contribution in [0.3, 0.4) is 0 Å². The van der Waals surface area contributed by atoms with E-state index in [1.54, 1.807) is 6.92 Å². The van der Waals surface area contributed by atoms with E-state index in [0.29, 0.717) is 17.9 Å². The van der Waals surface area contributed by atoms with Crippen LogP contribution in [-0.4, -0.2) is 21.1 Å². The predicted octanol–water partition coefficient (Wildman–Crippen LogP) is 4.61. The van der Waals surface area contributed by atoms with Gasteiger partial charge in [-0.3, -0.25) is 14.9 Å². The zero-order valence-corrected chi connectivity index (χ0v) is 15.3. The van der Waals surface area contributed by atoms with Crippen LogP contribution in [0.15, 0.2) is 28.7 Å². The molecule has 144 valence electrons. The summed E-state index contributed by atoms with van der Waals surface area (Å²) in [5, 5.41) is 18.6. The second kappa shape index (κ2) is 8.75. The maximum Gasteiger partial charge on any atom is 0.306 e. The number of esters is 1. The number of nitro groups is 1. The molecule has 27 heavy (non-hydrogen) atoms. The second-order valence-corrected chi connectivity index (χ2v) is 6.92. The first-order chi connectivity index (χ1) is 13.0. The lowest BCUT2D eigenvalue weighted by Gasteiger charge is -2.21. The Kier molecular flexibility index (Phi) is 6.16. The van der Waals surface area contributed by atoms with E-state index in [2.05, 4.69) is 10.2 Å². The molecule has 1 aliphatic carbocycles. The van der Waals surface area contributed by atoms with E-state index in [9.17, 15) is 14.9 Å². The molecular weight excluding hydrogens is 350 g/mol. The highest BCUT2D eigenvalue weighted by Crippen LogP contribution is 2.28. The predicted molar refractivity (Wildman–Crippen MR) is 96.7 cm³/mol. The molecule has 1 atom stereocenters. The zero-order valence-electron chi connectivity index (χ0n) is 15.3. The molecule has 1 heterocycles. The van der Waals surface area contributed by atoms with E-state index in [1.807, 2.05) is 0 Å². The first-order valence-corrected chi connectivity index (χ1v) is 9.30. The quantitative estimate of drug-likeness (QED) is 0.396. The maximum atomic E-state index is 12.1. The lowest BCUT2D eigenvalue weighted by molar-refractivity contribution is -0.384. The molecule has 0 aliphatic heterocycles. The standard InChI is InChI=1S/C19H23N3O5/c1-13(26-17(23)12-7-14-5-3-2-4-6-14)18-20-21-19(27-18)15-8-10-16(11-9-15)22(24)25/h8-11,13-14H,2-7,12H2,1H3. The molecule has 0 bridgehead atoms. The minimum atomic E-state index is -0.636. The van der Waals surface area contributed by atoms with Gasteiger partial charge in [0.05, 0.1) is 4.92 Å². The van der Waals surface area contributed by atoms with Crippen molar-refractivity contribution in [2.75, 3.05) is 0 Å². The third-order valence-electron chi connectivity index (χ3n) is 4.90. The van der Waals surface area contributed by atoms with Gasteiger partial charge in [-0.15, -0.1) is 10.2 Å². The normalized spacial score (nSPS) is 16.0. The SMILES string of the molecule is CC(OC(=O)CCC1CCCCC1)c1nnc(-c2ccc([N+](=O)[O-])cc2)o1. The molecule has 0 amide bonds. The van der Waals surface area contributed by atoms with Crippen LogP contribution in [0, 0.1) is 16.0 Å². The Hall–Kier alpha value is -2.77. The molecule has 8 nitrogen and oxygen atoms in total. The van der Waals surface area contributed by atoms with Crippen LogP contribution in [0.1, 0.15) is 63.9 Å². The zero-order chi connectivity index (χ0) is 19.2. The number of carbonyl (C=O) groups is 1. The molecule has 0 spiro atoms. The van der Waals surface area contributed by atoms with Gasteiger partial charge in [0.15, 0.2) is 6.10 Å². The number of ether oxygens (including phenoxy) is 1. The van der Waals surface area contributed by atoms with Crippen LogP contribution in [0.4, 0.5) is 5.69 Å². The molecule has 8 heteroatoms. The van der Waals surface area contributed by atoms with Crippen molar-refractivity contribution in [1.29, 1.82) is 0 Å². The Labute approximate surface area is 157 Å². The number of nitrogens with zero attached hydrogens (tertiary/aromatic N) is 3. The molecule has 0 saturated heterocycles. The van der Waals surface area contributed by atoms with Gasteiger partial charge in [-0.05, 0) is 31.4 Å². The average Bonchev–Trinajstić information content (AvgIpc) is 3.18. The monoisotopic (exact) mass is 373 g/mol. The van der Waals surface area contributed by atoms with Crippen molar-refractivity contribution in [2.24, 2.45) is 5.92 Å². The van der Waals surface area contributed by atoms with Crippen LogP contribution in [0.25, 0.3) is 11.5 Å². The van der Waals surface area contributed by atoms with Gasteiger partial charge in [0.25, 0.3) is 11.6 Å². The lowest BCUT2D eigenvalue weighted by Crippen LogP contribution is -2.13. The van der Waals surface area contributed by atoms with Crippen molar-refractivity contribution >= 4 is 11.7 Å². The summed E-state index contributed by atoms with van der Waals surface area (Å²) in [6.07, 6.45) is 6.83. The summed E-state index contributed by atoms with van der Waals surface area (Å²) in [6.45, 7) is 1.69. The van der Waals surface area contributed by atoms with Crippen molar-refractivity contribution in [2.45, 2.75) is 58.0 Å². The van der Waals surface area contributed by atoms with Crippen molar-refractivity contribution < 1.29 is 18.9 Å². The Bertz CT molecular complexity index is 781. The third-order valence-corrected chi connectivity index (χ3v) is 4.90. The highest BCUT2D eigenvalue weighted by atomic mass is 16.6. The molecule has 1 saturated carbocycles. The van der Waals surface area contributed by atoms with E-state index in [0.717, 1.165) is 6.42 Å². The van der Waals surface area contributed by atoms with E-state index in [-0.39, 0.29) is 23.4 Å². The topological polar surface area (TPSA) is 108 Å². The van der Waals surface area contributed by atoms with Gasteiger partial charge < -0.3 is 9.15 Å². The Morgan fingerprint density at radius 1 is 1.26 bits per heavy atom. The smallest absolute Gasteiger partial charge is 0.306 e. The number of non-ortho nitro benzene ring substituents is 1. The summed E-state index contributed by atoms with van der Waals surface area (Å²) in [6, 6.07) is 5.81. The summed E-state index contributed by atoms with van der Waals surface area (Å²) in [5.41, 5.74) is 0.550. The third kappa shape index (κ3) is 5.12. The van der Waals surface area contributed by atoms with Crippen molar-refractivity contribution in [3.05, 3.63) is 40.3 Å². The van der Waals surface area contributed by atoms with Crippen LogP contribution in [0.5, 0.6) is 0 Å². The fraction of sp³-hybridized carbons (Fsp3) is 0.526. The van der Waals surface area contributed by atoms with Gasteiger partial charge in [-0.25, -0.2) is 0 Å². The largest absolute Gasteiger partial charge is 0.453 e. The average molecular weight is 373 g/mol. The first kappa shape index (κ1) is 19.0. The number of benzene rings is 1. The van der Waals surface area contributed by atoms with E-state index in [1.165, 1.54) is 56.4 Å². The highest BCUT2D eigenvalue weighted by Gasteiger charge is 2.21. The Morgan fingerprint density at radius 2 is 1.96 bits per heavy atom. The molecule has 0 radical (unpaired) electrons. The molecule has 2 aromatic rings. The molecule has 1 aromatic heterocycles. The molecule has 1 aromatic carbocycles. The molecular formula is C19H23N3O5.